The van der Waals surface area contributed by atoms with Gasteiger partial charge in [0, 0.05) is 0 Å². The van der Waals surface area contributed by atoms with Crippen molar-refractivity contribution >= 4 is 11.9 Å². The van der Waals surface area contributed by atoms with Crippen LogP contribution in [0.15, 0.2) is 42.5 Å². The molecule has 0 saturated heterocycles. The van der Waals surface area contributed by atoms with Crippen LogP contribution in [0.3, 0.4) is 0 Å². The van der Waals surface area contributed by atoms with Crippen molar-refractivity contribution in [3.63, 3.8) is 0 Å². The number of rotatable bonds is 6. The Kier molecular flexibility index (Phi) is 5.95. The molecule has 0 heterocycles. The summed E-state index contributed by atoms with van der Waals surface area (Å²) in [4.78, 5) is 23.8. The molecule has 0 aliphatic heterocycles. The number of para-hydroxylation sites is 1. The quantitative estimate of drug-likeness (QED) is 0.601. The monoisotopic (exact) mass is 328 g/mol. The molecule has 2 aromatic carbocycles. The summed E-state index contributed by atoms with van der Waals surface area (Å²) in [6.07, 6.45) is 0. The minimum absolute atomic E-state index is 0.0854. The van der Waals surface area contributed by atoms with E-state index in [0.29, 0.717) is 0 Å². The smallest absolute Gasteiger partial charge is 0.339 e. The van der Waals surface area contributed by atoms with Gasteiger partial charge in [-0.15, -0.1) is 0 Å². The average Bonchev–Trinajstić information content (AvgIpc) is 2.59. The van der Waals surface area contributed by atoms with Gasteiger partial charge in [0.2, 0.25) is 0 Å². The summed E-state index contributed by atoms with van der Waals surface area (Å²) >= 11 is 0. The van der Waals surface area contributed by atoms with Crippen LogP contribution in [0.25, 0.3) is 0 Å². The van der Waals surface area contributed by atoms with Crippen LogP contribution in [-0.4, -0.2) is 32.3 Å². The summed E-state index contributed by atoms with van der Waals surface area (Å²) in [6.45, 7) is 4.24. The standard InChI is InChI=1S/C19H20O5/c1-13-7-6-8-14(2)17(13)23-11-12-24-19(21)16-10-5-4-9-15(16)18(20)22-3/h4-10H,11-12H2,1-3H3. The number of hydrogen-bond donors (Lipinski definition) is 0. The third-order valence-electron chi connectivity index (χ3n) is 3.52. The molecule has 5 nitrogen and oxygen atoms in total. The second-order valence-electron chi connectivity index (χ2n) is 5.24. The van der Waals surface area contributed by atoms with Crippen molar-refractivity contribution in [2.45, 2.75) is 13.8 Å². The molecule has 0 bridgehead atoms. The highest BCUT2D eigenvalue weighted by Gasteiger charge is 2.18. The molecule has 0 amide bonds. The van der Waals surface area contributed by atoms with Crippen molar-refractivity contribution in [3.05, 3.63) is 64.7 Å². The van der Waals surface area contributed by atoms with Gasteiger partial charge in [0.25, 0.3) is 0 Å². The van der Waals surface area contributed by atoms with Gasteiger partial charge in [-0.1, -0.05) is 30.3 Å². The molecule has 0 atom stereocenters. The number of aryl methyl sites for hydroxylation is 2. The molecule has 5 heteroatoms. The van der Waals surface area contributed by atoms with Crippen LogP contribution in [0.4, 0.5) is 0 Å². The summed E-state index contributed by atoms with van der Waals surface area (Å²) < 4.78 is 15.5. The van der Waals surface area contributed by atoms with E-state index in [0.717, 1.165) is 16.9 Å². The second kappa shape index (κ2) is 8.15. The Hall–Kier alpha value is -2.82. The normalized spacial score (nSPS) is 10.1. The molecule has 0 N–H and O–H groups in total. The highest BCUT2D eigenvalue weighted by atomic mass is 16.6. The first kappa shape index (κ1) is 17.5. The third-order valence-corrected chi connectivity index (χ3v) is 3.52. The lowest BCUT2D eigenvalue weighted by Gasteiger charge is -2.12. The maximum Gasteiger partial charge on any atom is 0.339 e. The fourth-order valence-electron chi connectivity index (χ4n) is 2.33. The molecule has 0 saturated carbocycles. The number of carbonyl (C=O) groups excluding carboxylic acids is 2. The lowest BCUT2D eigenvalue weighted by Crippen LogP contribution is -2.16. The molecule has 2 aromatic rings. The molecule has 0 radical (unpaired) electrons. The predicted octanol–water partition coefficient (Wildman–Crippen LogP) is 3.33. The third kappa shape index (κ3) is 4.13. The zero-order valence-corrected chi connectivity index (χ0v) is 14.0. The Labute approximate surface area is 141 Å². The van der Waals surface area contributed by atoms with Crippen molar-refractivity contribution in [2.24, 2.45) is 0 Å². The first-order valence-electron chi connectivity index (χ1n) is 7.58. The molecule has 24 heavy (non-hydrogen) atoms. The van der Waals surface area contributed by atoms with Crippen LogP contribution >= 0.6 is 0 Å². The van der Waals surface area contributed by atoms with Crippen molar-refractivity contribution < 1.29 is 23.8 Å². The van der Waals surface area contributed by atoms with Crippen LogP contribution in [0.2, 0.25) is 0 Å². The lowest BCUT2D eigenvalue weighted by molar-refractivity contribution is 0.0437. The van der Waals surface area contributed by atoms with Gasteiger partial charge in [0.05, 0.1) is 18.2 Å². The Bertz CT molecular complexity index is 716. The van der Waals surface area contributed by atoms with Crippen molar-refractivity contribution in [1.82, 2.24) is 0 Å². The molecule has 0 unspecified atom stereocenters. The van der Waals surface area contributed by atoms with Crippen molar-refractivity contribution in [1.29, 1.82) is 0 Å². The van der Waals surface area contributed by atoms with E-state index in [1.54, 1.807) is 12.1 Å². The first-order chi connectivity index (χ1) is 11.5. The van der Waals surface area contributed by atoms with Crippen LogP contribution in [0.1, 0.15) is 31.8 Å². The number of methoxy groups -OCH3 is 1. The highest BCUT2D eigenvalue weighted by Crippen LogP contribution is 2.22. The Balaban J connectivity index is 1.94. The van der Waals surface area contributed by atoms with E-state index in [1.165, 1.54) is 19.2 Å². The zero-order valence-electron chi connectivity index (χ0n) is 14.0. The van der Waals surface area contributed by atoms with E-state index in [9.17, 15) is 9.59 Å². The summed E-state index contributed by atoms with van der Waals surface area (Å²) in [5, 5.41) is 0. The van der Waals surface area contributed by atoms with Gasteiger partial charge in [-0.3, -0.25) is 0 Å². The molecular weight excluding hydrogens is 308 g/mol. The number of carbonyl (C=O) groups is 2. The minimum Gasteiger partial charge on any atom is -0.489 e. The summed E-state index contributed by atoms with van der Waals surface area (Å²) in [5.41, 5.74) is 2.41. The van der Waals surface area contributed by atoms with E-state index in [4.69, 9.17) is 9.47 Å². The predicted molar refractivity (Wildman–Crippen MR) is 89.5 cm³/mol. The lowest BCUT2D eigenvalue weighted by atomic mass is 10.1. The Morgan fingerprint density at radius 3 is 2.00 bits per heavy atom. The second-order valence-corrected chi connectivity index (χ2v) is 5.24. The Morgan fingerprint density at radius 2 is 1.42 bits per heavy atom. The summed E-state index contributed by atoms with van der Waals surface area (Å²) in [6, 6.07) is 12.3. The molecule has 0 fully saturated rings. The average molecular weight is 328 g/mol. The number of benzene rings is 2. The van der Waals surface area contributed by atoms with Gasteiger partial charge in [-0.2, -0.15) is 0 Å². The van der Waals surface area contributed by atoms with Crippen molar-refractivity contribution in [2.75, 3.05) is 20.3 Å². The SMILES string of the molecule is COC(=O)c1ccccc1C(=O)OCCOc1c(C)cccc1C. The topological polar surface area (TPSA) is 61.8 Å². The summed E-state index contributed by atoms with van der Waals surface area (Å²) in [7, 11) is 1.27. The van der Waals surface area contributed by atoms with Gasteiger partial charge in [-0.05, 0) is 37.1 Å². The fraction of sp³-hybridized carbons (Fsp3) is 0.263. The van der Waals surface area contributed by atoms with Gasteiger partial charge >= 0.3 is 11.9 Å². The van der Waals surface area contributed by atoms with Crippen LogP contribution in [0.5, 0.6) is 5.75 Å². The van der Waals surface area contributed by atoms with Crippen LogP contribution in [-0.2, 0) is 9.47 Å². The Morgan fingerprint density at radius 1 is 0.833 bits per heavy atom. The molecule has 0 spiro atoms. The molecule has 0 aliphatic carbocycles. The first-order valence-corrected chi connectivity index (χ1v) is 7.58. The van der Waals surface area contributed by atoms with Crippen LogP contribution in [0, 0.1) is 13.8 Å². The molecule has 126 valence electrons. The zero-order chi connectivity index (χ0) is 17.5. The highest BCUT2D eigenvalue weighted by molar-refractivity contribution is 6.03. The minimum atomic E-state index is -0.582. The molecular formula is C19H20O5. The van der Waals surface area contributed by atoms with E-state index in [-0.39, 0.29) is 24.3 Å². The number of hydrogen-bond acceptors (Lipinski definition) is 5. The van der Waals surface area contributed by atoms with E-state index >= 15 is 0 Å². The maximum absolute atomic E-state index is 12.1. The fourth-order valence-corrected chi connectivity index (χ4v) is 2.33. The van der Waals surface area contributed by atoms with Gasteiger partial charge < -0.3 is 14.2 Å². The molecule has 2 rings (SSSR count). The van der Waals surface area contributed by atoms with Crippen molar-refractivity contribution in [3.8, 4) is 5.75 Å². The van der Waals surface area contributed by atoms with Crippen LogP contribution < -0.4 is 4.74 Å². The summed E-state index contributed by atoms with van der Waals surface area (Å²) in [5.74, 6) is -0.362. The number of esters is 2. The van der Waals surface area contributed by atoms with E-state index in [1.807, 2.05) is 32.0 Å². The molecule has 0 aliphatic rings. The maximum atomic E-state index is 12.1. The van der Waals surface area contributed by atoms with Gasteiger partial charge in [-0.25, -0.2) is 9.59 Å². The largest absolute Gasteiger partial charge is 0.489 e. The van der Waals surface area contributed by atoms with Gasteiger partial charge in [0.1, 0.15) is 19.0 Å². The molecule has 0 aromatic heterocycles. The number of ether oxygens (including phenoxy) is 3. The van der Waals surface area contributed by atoms with E-state index < -0.39 is 11.9 Å². The van der Waals surface area contributed by atoms with E-state index in [2.05, 4.69) is 4.74 Å². The van der Waals surface area contributed by atoms with Gasteiger partial charge in [0.15, 0.2) is 0 Å².